The molecule has 0 saturated heterocycles. The number of nitro groups is 1. The van der Waals surface area contributed by atoms with Crippen LogP contribution in [-0.4, -0.2) is 15.8 Å². The van der Waals surface area contributed by atoms with Gasteiger partial charge in [0, 0.05) is 22.8 Å². The molecule has 0 unspecified atom stereocenters. The van der Waals surface area contributed by atoms with Crippen LogP contribution in [0.4, 0.5) is 17.1 Å². The summed E-state index contributed by atoms with van der Waals surface area (Å²) in [7, 11) is 0. The van der Waals surface area contributed by atoms with Crippen molar-refractivity contribution >= 4 is 56.1 Å². The zero-order chi connectivity index (χ0) is 19.8. The number of nitrogens with zero attached hydrogens (tertiary/aromatic N) is 2. The Hall–Kier alpha value is -2.71. The number of hydrogen-bond donors (Lipinski definition) is 2. The van der Waals surface area contributed by atoms with Crippen molar-refractivity contribution in [2.24, 2.45) is 0 Å². The molecule has 1 aliphatic rings. The van der Waals surface area contributed by atoms with Crippen LogP contribution < -0.4 is 11.1 Å². The molecule has 3 aromatic rings. The Balaban J connectivity index is 1.67. The molecule has 0 fully saturated rings. The molecule has 1 aromatic carbocycles. The third-order valence-corrected chi connectivity index (χ3v) is 6.29. The van der Waals surface area contributed by atoms with Crippen LogP contribution in [0.15, 0.2) is 24.3 Å². The van der Waals surface area contributed by atoms with Crippen LogP contribution in [0.5, 0.6) is 0 Å². The Morgan fingerprint density at radius 1 is 1.25 bits per heavy atom. The Bertz CT molecular complexity index is 1110. The van der Waals surface area contributed by atoms with Crippen LogP contribution in [0.1, 0.15) is 40.2 Å². The highest BCUT2D eigenvalue weighted by Gasteiger charge is 2.21. The van der Waals surface area contributed by atoms with Crippen molar-refractivity contribution in [2.45, 2.75) is 32.1 Å². The number of carbonyl (C=O) groups excluding carboxylic acids is 1. The lowest BCUT2D eigenvalue weighted by molar-refractivity contribution is -0.384. The third-order valence-electron chi connectivity index (χ3n) is 4.86. The number of nitro benzene ring substituents is 1. The van der Waals surface area contributed by atoms with Gasteiger partial charge < -0.3 is 11.1 Å². The number of pyridine rings is 1. The summed E-state index contributed by atoms with van der Waals surface area (Å²) in [6.45, 7) is 0. The molecule has 0 saturated carbocycles. The van der Waals surface area contributed by atoms with E-state index in [1.807, 2.05) is 0 Å². The fraction of sp³-hybridized carbons (Fsp3) is 0.263. The molecule has 1 amide bonds. The molecular weight excluding hydrogens is 400 g/mol. The first-order chi connectivity index (χ1) is 13.4. The molecule has 7 nitrogen and oxygen atoms in total. The number of anilines is 2. The maximum Gasteiger partial charge on any atom is 0.289 e. The number of amides is 1. The summed E-state index contributed by atoms with van der Waals surface area (Å²) in [5, 5.41) is 14.5. The SMILES string of the molecule is Nc1c(C(=O)Nc2ccc(Cl)c([N+](=O)[O-])c2)sc2nc3c(cc12)CCCCC3. The van der Waals surface area contributed by atoms with E-state index >= 15 is 0 Å². The number of nitrogens with one attached hydrogen (secondary N) is 1. The van der Waals surface area contributed by atoms with Gasteiger partial charge in [-0.25, -0.2) is 4.98 Å². The van der Waals surface area contributed by atoms with E-state index < -0.39 is 10.8 Å². The zero-order valence-corrected chi connectivity index (χ0v) is 16.4. The van der Waals surface area contributed by atoms with Crippen molar-refractivity contribution < 1.29 is 9.72 Å². The normalized spacial score (nSPS) is 13.8. The van der Waals surface area contributed by atoms with Gasteiger partial charge in [-0.1, -0.05) is 18.0 Å². The molecule has 0 bridgehead atoms. The van der Waals surface area contributed by atoms with Crippen molar-refractivity contribution in [2.75, 3.05) is 11.1 Å². The number of aromatic nitrogens is 1. The highest BCUT2D eigenvalue weighted by Crippen LogP contribution is 2.36. The topological polar surface area (TPSA) is 111 Å². The maximum absolute atomic E-state index is 12.7. The summed E-state index contributed by atoms with van der Waals surface area (Å²) in [6, 6.07) is 6.17. The van der Waals surface area contributed by atoms with Gasteiger partial charge in [-0.2, -0.15) is 0 Å². The van der Waals surface area contributed by atoms with Crippen molar-refractivity contribution in [1.82, 2.24) is 4.98 Å². The Morgan fingerprint density at radius 2 is 2.04 bits per heavy atom. The summed E-state index contributed by atoms with van der Waals surface area (Å²) < 4.78 is 0. The Labute approximate surface area is 169 Å². The number of thiophene rings is 1. The number of halogens is 1. The minimum absolute atomic E-state index is 0.00933. The number of nitrogen functional groups attached to an aromatic ring is 1. The molecular formula is C19H17ClN4O3S. The lowest BCUT2D eigenvalue weighted by atomic mass is 10.1. The van der Waals surface area contributed by atoms with Gasteiger partial charge in [0.2, 0.25) is 0 Å². The fourth-order valence-corrected chi connectivity index (χ4v) is 4.60. The second-order valence-corrected chi connectivity index (χ2v) is 8.14. The minimum Gasteiger partial charge on any atom is -0.397 e. The van der Waals surface area contributed by atoms with Gasteiger partial charge in [0.1, 0.15) is 14.7 Å². The highest BCUT2D eigenvalue weighted by atomic mass is 35.5. The van der Waals surface area contributed by atoms with E-state index in [4.69, 9.17) is 22.3 Å². The first-order valence-corrected chi connectivity index (χ1v) is 10.1. The molecule has 1 aliphatic carbocycles. The summed E-state index contributed by atoms with van der Waals surface area (Å²) in [5.74, 6) is -0.424. The lowest BCUT2D eigenvalue weighted by Gasteiger charge is -2.05. The van der Waals surface area contributed by atoms with Crippen molar-refractivity contribution in [3.05, 3.63) is 55.5 Å². The molecule has 2 heterocycles. The fourth-order valence-electron chi connectivity index (χ4n) is 3.42. The molecule has 144 valence electrons. The monoisotopic (exact) mass is 416 g/mol. The van der Waals surface area contributed by atoms with Gasteiger partial charge >= 0.3 is 0 Å². The smallest absolute Gasteiger partial charge is 0.289 e. The first-order valence-electron chi connectivity index (χ1n) is 8.90. The first kappa shape index (κ1) is 18.6. The van der Waals surface area contributed by atoms with Crippen LogP contribution in [-0.2, 0) is 12.8 Å². The van der Waals surface area contributed by atoms with Gasteiger partial charge in [-0.3, -0.25) is 14.9 Å². The predicted molar refractivity (Wildman–Crippen MR) is 111 cm³/mol. The lowest BCUT2D eigenvalue weighted by Crippen LogP contribution is -2.12. The van der Waals surface area contributed by atoms with Gasteiger partial charge in [-0.15, -0.1) is 11.3 Å². The molecule has 9 heteroatoms. The molecule has 4 rings (SSSR count). The number of aryl methyl sites for hydroxylation is 2. The van der Waals surface area contributed by atoms with E-state index in [9.17, 15) is 14.9 Å². The van der Waals surface area contributed by atoms with E-state index in [-0.39, 0.29) is 16.4 Å². The summed E-state index contributed by atoms with van der Waals surface area (Å²) >= 11 is 7.05. The van der Waals surface area contributed by atoms with Crippen LogP contribution >= 0.6 is 22.9 Å². The Morgan fingerprint density at radius 3 is 2.82 bits per heavy atom. The van der Waals surface area contributed by atoms with E-state index in [1.165, 1.54) is 41.5 Å². The van der Waals surface area contributed by atoms with Crippen LogP contribution in [0.3, 0.4) is 0 Å². The summed E-state index contributed by atoms with van der Waals surface area (Å²) in [5.41, 5.74) is 8.94. The number of nitrogens with two attached hydrogens (primary N) is 1. The molecule has 0 radical (unpaired) electrons. The quantitative estimate of drug-likeness (QED) is 0.356. The number of carbonyl (C=O) groups is 1. The van der Waals surface area contributed by atoms with Crippen LogP contribution in [0.25, 0.3) is 10.2 Å². The van der Waals surface area contributed by atoms with Crippen molar-refractivity contribution in [1.29, 1.82) is 0 Å². The van der Waals surface area contributed by atoms with Gasteiger partial charge in [0.15, 0.2) is 0 Å². The largest absolute Gasteiger partial charge is 0.397 e. The molecule has 3 N–H and O–H groups in total. The van der Waals surface area contributed by atoms with Gasteiger partial charge in [-0.05, 0) is 49.4 Å². The van der Waals surface area contributed by atoms with E-state index in [0.29, 0.717) is 10.6 Å². The minimum atomic E-state index is -0.594. The molecule has 0 aliphatic heterocycles. The number of hydrogen-bond acceptors (Lipinski definition) is 6. The number of rotatable bonds is 3. The Kier molecular flexibility index (Phi) is 4.91. The third kappa shape index (κ3) is 3.41. The van der Waals surface area contributed by atoms with Gasteiger partial charge in [0.05, 0.1) is 10.6 Å². The average Bonchev–Trinajstić information content (AvgIpc) is 2.83. The highest BCUT2D eigenvalue weighted by molar-refractivity contribution is 7.21. The zero-order valence-electron chi connectivity index (χ0n) is 14.8. The average molecular weight is 417 g/mol. The maximum atomic E-state index is 12.7. The summed E-state index contributed by atoms with van der Waals surface area (Å²) in [4.78, 5) is 29.0. The second-order valence-electron chi connectivity index (χ2n) is 6.73. The molecule has 2 aromatic heterocycles. The van der Waals surface area contributed by atoms with Crippen LogP contribution in [0, 0.1) is 10.1 Å². The molecule has 28 heavy (non-hydrogen) atoms. The predicted octanol–water partition coefficient (Wildman–Crippen LogP) is 4.96. The van der Waals surface area contributed by atoms with Crippen molar-refractivity contribution in [3.8, 4) is 0 Å². The molecule has 0 atom stereocenters. The van der Waals surface area contributed by atoms with Crippen molar-refractivity contribution in [3.63, 3.8) is 0 Å². The molecule has 0 spiro atoms. The second kappa shape index (κ2) is 7.37. The number of fused-ring (bicyclic) bond motifs is 2. The van der Waals surface area contributed by atoms with Gasteiger partial charge in [0.25, 0.3) is 11.6 Å². The van der Waals surface area contributed by atoms with E-state index in [2.05, 4.69) is 11.4 Å². The summed E-state index contributed by atoms with van der Waals surface area (Å²) in [6.07, 6.45) is 5.37. The standard InChI is InChI=1S/C19H17ClN4O3S/c20-13-7-6-11(9-15(13)24(26)27)22-18(25)17-16(21)12-8-10-4-2-1-3-5-14(10)23-19(12)28-17/h6-9H,1-5,21H2,(H,22,25). The van der Waals surface area contributed by atoms with E-state index in [0.717, 1.165) is 41.6 Å². The number of benzene rings is 1. The van der Waals surface area contributed by atoms with Crippen LogP contribution in [0.2, 0.25) is 5.02 Å². The van der Waals surface area contributed by atoms with E-state index in [1.54, 1.807) is 0 Å².